The van der Waals surface area contributed by atoms with E-state index in [2.05, 4.69) is 20.8 Å². The molecule has 3 aliphatic rings. The van der Waals surface area contributed by atoms with Gasteiger partial charge in [0.15, 0.2) is 0 Å². The number of rotatable bonds is 0. The summed E-state index contributed by atoms with van der Waals surface area (Å²) in [7, 11) is 0. The van der Waals surface area contributed by atoms with Gasteiger partial charge in [-0.25, -0.2) is 0 Å². The van der Waals surface area contributed by atoms with Crippen molar-refractivity contribution >= 4 is 0 Å². The van der Waals surface area contributed by atoms with Crippen molar-refractivity contribution in [2.45, 2.75) is 39.7 Å². The van der Waals surface area contributed by atoms with Crippen LogP contribution >= 0.6 is 0 Å². The number of hydrogen-bond donors (Lipinski definition) is 1. The summed E-state index contributed by atoms with van der Waals surface area (Å²) in [4.78, 5) is 0. The van der Waals surface area contributed by atoms with Crippen LogP contribution in [0.15, 0.2) is 0 Å². The summed E-state index contributed by atoms with van der Waals surface area (Å²) in [6.07, 6.45) is 2.31. The largest absolute Gasteiger partial charge is 0.392 e. The van der Waals surface area contributed by atoms with Gasteiger partial charge in [0.1, 0.15) is 0 Å². The minimum atomic E-state index is -0.102. The first-order valence-electron chi connectivity index (χ1n) is 4.54. The molecule has 1 nitrogen and oxygen atoms in total. The van der Waals surface area contributed by atoms with E-state index in [4.69, 9.17) is 0 Å². The van der Waals surface area contributed by atoms with Crippen LogP contribution in [0.3, 0.4) is 0 Å². The SMILES string of the molecule is C[C]1CC2CC(C1O)C2(C)C. The fourth-order valence-corrected chi connectivity index (χ4v) is 2.79. The predicted molar refractivity (Wildman–Crippen MR) is 44.9 cm³/mol. The van der Waals surface area contributed by atoms with Gasteiger partial charge in [0.2, 0.25) is 0 Å². The standard InChI is InChI=1S/C10H17O/c1-6-4-7-5-8(9(6)11)10(7,2)3/h7-9,11H,4-5H2,1-3H3. The summed E-state index contributed by atoms with van der Waals surface area (Å²) in [6, 6.07) is 0. The molecule has 3 aliphatic carbocycles. The molecule has 3 rings (SSSR count). The number of hydrogen-bond acceptors (Lipinski definition) is 1. The molecule has 2 bridgehead atoms. The second-order valence-corrected chi connectivity index (χ2v) is 4.86. The third kappa shape index (κ3) is 0.807. The zero-order chi connectivity index (χ0) is 8.22. The minimum absolute atomic E-state index is 0.102. The van der Waals surface area contributed by atoms with Crippen molar-refractivity contribution in [3.8, 4) is 0 Å². The van der Waals surface area contributed by atoms with Crippen LogP contribution in [0.1, 0.15) is 33.6 Å². The molecule has 0 aromatic rings. The first-order chi connectivity index (χ1) is 5.03. The van der Waals surface area contributed by atoms with Gasteiger partial charge in [0, 0.05) is 5.92 Å². The molecule has 63 valence electrons. The maximum absolute atomic E-state index is 9.78. The topological polar surface area (TPSA) is 20.2 Å². The highest BCUT2D eigenvalue weighted by Gasteiger charge is 2.56. The van der Waals surface area contributed by atoms with Gasteiger partial charge in [-0.2, -0.15) is 0 Å². The van der Waals surface area contributed by atoms with Crippen LogP contribution in [0.5, 0.6) is 0 Å². The molecule has 3 saturated carbocycles. The third-order valence-electron chi connectivity index (χ3n) is 4.00. The van der Waals surface area contributed by atoms with Gasteiger partial charge in [-0.05, 0) is 30.1 Å². The molecule has 11 heavy (non-hydrogen) atoms. The summed E-state index contributed by atoms with van der Waals surface area (Å²) >= 11 is 0. The van der Waals surface area contributed by atoms with E-state index in [0.29, 0.717) is 11.3 Å². The normalized spacial score (nSPS) is 48.5. The Balaban J connectivity index is 2.17. The highest BCUT2D eigenvalue weighted by atomic mass is 16.3. The van der Waals surface area contributed by atoms with E-state index in [1.807, 2.05) is 0 Å². The highest BCUT2D eigenvalue weighted by Crippen LogP contribution is 2.60. The molecule has 0 aliphatic heterocycles. The summed E-state index contributed by atoms with van der Waals surface area (Å²) in [6.45, 7) is 6.68. The van der Waals surface area contributed by atoms with Crippen molar-refractivity contribution in [2.24, 2.45) is 17.3 Å². The van der Waals surface area contributed by atoms with Crippen molar-refractivity contribution < 1.29 is 5.11 Å². The molecule has 0 saturated heterocycles. The molecule has 1 radical (unpaired) electrons. The third-order valence-corrected chi connectivity index (χ3v) is 4.00. The lowest BCUT2D eigenvalue weighted by molar-refractivity contribution is -0.125. The Morgan fingerprint density at radius 2 is 2.09 bits per heavy atom. The van der Waals surface area contributed by atoms with Gasteiger partial charge in [0.05, 0.1) is 6.10 Å². The lowest BCUT2D eigenvalue weighted by Gasteiger charge is -2.60. The molecule has 1 heteroatoms. The van der Waals surface area contributed by atoms with Crippen molar-refractivity contribution in [2.75, 3.05) is 0 Å². The molecule has 1 N–H and O–H groups in total. The van der Waals surface area contributed by atoms with Gasteiger partial charge in [0.25, 0.3) is 0 Å². The van der Waals surface area contributed by atoms with E-state index in [-0.39, 0.29) is 6.10 Å². The minimum Gasteiger partial charge on any atom is -0.392 e. The molecule has 0 aromatic heterocycles. The molecule has 3 fully saturated rings. The van der Waals surface area contributed by atoms with Crippen LogP contribution in [-0.4, -0.2) is 11.2 Å². The monoisotopic (exact) mass is 153 g/mol. The van der Waals surface area contributed by atoms with Gasteiger partial charge in [-0.1, -0.05) is 20.8 Å². The summed E-state index contributed by atoms with van der Waals surface area (Å²) in [5.74, 6) is 2.72. The highest BCUT2D eigenvalue weighted by molar-refractivity contribution is 5.15. The Morgan fingerprint density at radius 3 is 2.45 bits per heavy atom. The van der Waals surface area contributed by atoms with E-state index in [1.165, 1.54) is 12.3 Å². The Bertz CT molecular complexity index is 174. The molecule has 0 aromatic carbocycles. The number of fused-ring (bicyclic) bond motifs is 2. The maximum Gasteiger partial charge on any atom is 0.0633 e. The predicted octanol–water partition coefficient (Wildman–Crippen LogP) is 2.01. The van der Waals surface area contributed by atoms with E-state index >= 15 is 0 Å². The fraction of sp³-hybridized carbons (Fsp3) is 0.900. The van der Waals surface area contributed by atoms with Crippen LogP contribution < -0.4 is 0 Å². The van der Waals surface area contributed by atoms with Gasteiger partial charge >= 0.3 is 0 Å². The van der Waals surface area contributed by atoms with E-state index in [9.17, 15) is 5.11 Å². The van der Waals surface area contributed by atoms with Gasteiger partial charge in [-0.15, -0.1) is 0 Å². The molecule has 0 amide bonds. The van der Waals surface area contributed by atoms with Crippen LogP contribution in [0.25, 0.3) is 0 Å². The van der Waals surface area contributed by atoms with Crippen LogP contribution in [0.4, 0.5) is 0 Å². The lowest BCUT2D eigenvalue weighted by Crippen LogP contribution is -2.57. The van der Waals surface area contributed by atoms with E-state index < -0.39 is 0 Å². The average molecular weight is 153 g/mol. The Labute approximate surface area is 68.8 Å². The zero-order valence-electron chi connectivity index (χ0n) is 7.59. The number of aliphatic hydroxyl groups is 1. The summed E-state index contributed by atoms with van der Waals surface area (Å²) < 4.78 is 0. The Hall–Kier alpha value is -0.0400. The number of aliphatic hydroxyl groups excluding tert-OH is 1. The lowest BCUT2D eigenvalue weighted by atomic mass is 9.46. The Kier molecular flexibility index (Phi) is 1.39. The van der Waals surface area contributed by atoms with Gasteiger partial charge in [-0.3, -0.25) is 0 Å². The molecular weight excluding hydrogens is 136 g/mol. The van der Waals surface area contributed by atoms with Crippen molar-refractivity contribution in [1.82, 2.24) is 0 Å². The summed E-state index contributed by atoms with van der Waals surface area (Å²) in [5.41, 5.74) is 0.416. The van der Waals surface area contributed by atoms with Gasteiger partial charge < -0.3 is 5.11 Å². The quantitative estimate of drug-likeness (QED) is 0.564. The fourth-order valence-electron chi connectivity index (χ4n) is 2.79. The van der Waals surface area contributed by atoms with Crippen molar-refractivity contribution in [3.05, 3.63) is 5.92 Å². The molecule has 3 atom stereocenters. The van der Waals surface area contributed by atoms with Crippen LogP contribution in [0, 0.1) is 23.2 Å². The average Bonchev–Trinajstić information content (AvgIpc) is 1.93. The molecule has 0 heterocycles. The van der Waals surface area contributed by atoms with E-state index in [0.717, 1.165) is 12.3 Å². The smallest absolute Gasteiger partial charge is 0.0633 e. The molecule has 3 unspecified atom stereocenters. The van der Waals surface area contributed by atoms with Crippen LogP contribution in [-0.2, 0) is 0 Å². The maximum atomic E-state index is 9.78. The van der Waals surface area contributed by atoms with Crippen molar-refractivity contribution in [3.63, 3.8) is 0 Å². The zero-order valence-corrected chi connectivity index (χ0v) is 7.59. The molecular formula is C10H17O. The Morgan fingerprint density at radius 1 is 1.45 bits per heavy atom. The second-order valence-electron chi connectivity index (χ2n) is 4.86. The van der Waals surface area contributed by atoms with Crippen LogP contribution in [0.2, 0.25) is 0 Å². The second kappa shape index (κ2) is 2.01. The van der Waals surface area contributed by atoms with Crippen molar-refractivity contribution in [1.29, 1.82) is 0 Å². The molecule has 0 spiro atoms. The first-order valence-corrected chi connectivity index (χ1v) is 4.54. The summed E-state index contributed by atoms with van der Waals surface area (Å²) in [5, 5.41) is 9.78. The first kappa shape index (κ1) is 7.60. The van der Waals surface area contributed by atoms with E-state index in [1.54, 1.807) is 0 Å².